The third-order valence-electron chi connectivity index (χ3n) is 2.64. The summed E-state index contributed by atoms with van der Waals surface area (Å²) in [7, 11) is 0. The first kappa shape index (κ1) is 11.1. The molecule has 3 heteroatoms. The molecule has 0 heterocycles. The Morgan fingerprint density at radius 2 is 2.12 bits per heavy atom. The quantitative estimate of drug-likeness (QED) is 0.906. The summed E-state index contributed by atoms with van der Waals surface area (Å²) in [5, 5.41) is 11.0. The fourth-order valence-electron chi connectivity index (χ4n) is 1.93. The Morgan fingerprint density at radius 3 is 2.75 bits per heavy atom. The second-order valence-corrected chi connectivity index (χ2v) is 4.54. The van der Waals surface area contributed by atoms with Crippen molar-refractivity contribution in [2.24, 2.45) is 0 Å². The lowest BCUT2D eigenvalue weighted by Crippen LogP contribution is -1.99. The molecule has 0 radical (unpaired) electrons. The van der Waals surface area contributed by atoms with Crippen molar-refractivity contribution in [3.05, 3.63) is 45.9 Å². The van der Waals surface area contributed by atoms with Gasteiger partial charge in [0.25, 0.3) is 0 Å². The van der Waals surface area contributed by atoms with Crippen LogP contribution in [0.3, 0.4) is 0 Å². The fraction of sp³-hybridized carbons (Fsp3) is 0.154. The highest BCUT2D eigenvalue weighted by atomic mass is 79.9. The molecule has 0 atom stereocenters. The lowest BCUT2D eigenvalue weighted by Gasteiger charge is -2.08. The Balaban J connectivity index is 2.91. The Kier molecular flexibility index (Phi) is 2.97. The predicted octanol–water partition coefficient (Wildman–Crippen LogP) is 3.86. The van der Waals surface area contributed by atoms with Gasteiger partial charge >= 0.3 is 5.97 Å². The van der Waals surface area contributed by atoms with Crippen molar-refractivity contribution in [1.82, 2.24) is 0 Å². The molecule has 0 aliphatic rings. The molecule has 0 aromatic heterocycles. The van der Waals surface area contributed by atoms with Gasteiger partial charge in [0.1, 0.15) is 0 Å². The second kappa shape index (κ2) is 4.26. The highest BCUT2D eigenvalue weighted by Gasteiger charge is 2.12. The van der Waals surface area contributed by atoms with Gasteiger partial charge in [-0.3, -0.25) is 0 Å². The van der Waals surface area contributed by atoms with Crippen LogP contribution in [0.5, 0.6) is 0 Å². The number of aromatic carboxylic acids is 1. The highest BCUT2D eigenvalue weighted by molar-refractivity contribution is 9.10. The van der Waals surface area contributed by atoms with Crippen LogP contribution in [-0.2, 0) is 6.42 Å². The highest BCUT2D eigenvalue weighted by Crippen LogP contribution is 2.27. The van der Waals surface area contributed by atoms with Gasteiger partial charge in [-0.15, -0.1) is 0 Å². The van der Waals surface area contributed by atoms with Gasteiger partial charge in [-0.05, 0) is 34.9 Å². The van der Waals surface area contributed by atoms with Crippen LogP contribution in [0.15, 0.2) is 34.8 Å². The molecule has 2 aromatic rings. The number of carboxylic acid groups (broad SMARTS) is 1. The number of benzene rings is 2. The molecule has 2 nitrogen and oxygen atoms in total. The number of carboxylic acids is 1. The first-order valence-electron chi connectivity index (χ1n) is 5.08. The maximum atomic E-state index is 11.2. The third-order valence-corrected chi connectivity index (χ3v) is 3.10. The molecule has 0 aliphatic heterocycles. The van der Waals surface area contributed by atoms with Crippen molar-refractivity contribution in [2.45, 2.75) is 13.3 Å². The van der Waals surface area contributed by atoms with E-state index in [0.29, 0.717) is 5.56 Å². The number of aryl methyl sites for hydroxylation is 1. The molecule has 16 heavy (non-hydrogen) atoms. The van der Waals surface area contributed by atoms with E-state index in [0.717, 1.165) is 27.2 Å². The fourth-order valence-corrected chi connectivity index (χ4v) is 2.41. The molecule has 82 valence electrons. The van der Waals surface area contributed by atoms with Gasteiger partial charge in [-0.25, -0.2) is 4.79 Å². The van der Waals surface area contributed by atoms with Gasteiger partial charge < -0.3 is 5.11 Å². The summed E-state index contributed by atoms with van der Waals surface area (Å²) in [6, 6.07) is 9.47. The molecule has 0 amide bonds. The summed E-state index contributed by atoms with van der Waals surface area (Å²) in [6.45, 7) is 2.03. The summed E-state index contributed by atoms with van der Waals surface area (Å²) < 4.78 is 0.797. The number of halogens is 1. The summed E-state index contributed by atoms with van der Waals surface area (Å²) in [6.07, 6.45) is 0.833. The molecular formula is C13H11BrO2. The minimum Gasteiger partial charge on any atom is -0.478 e. The number of carbonyl (C=O) groups is 1. The Morgan fingerprint density at radius 1 is 1.38 bits per heavy atom. The number of hydrogen-bond donors (Lipinski definition) is 1. The predicted molar refractivity (Wildman–Crippen MR) is 68.0 cm³/mol. The molecule has 2 aromatic carbocycles. The maximum Gasteiger partial charge on any atom is 0.336 e. The largest absolute Gasteiger partial charge is 0.478 e. The van der Waals surface area contributed by atoms with Gasteiger partial charge in [0, 0.05) is 4.47 Å². The van der Waals surface area contributed by atoms with Crippen LogP contribution in [0.2, 0.25) is 0 Å². The number of rotatable bonds is 2. The van der Waals surface area contributed by atoms with Crippen LogP contribution < -0.4 is 0 Å². The monoisotopic (exact) mass is 278 g/mol. The molecule has 0 spiro atoms. The standard InChI is InChI=1S/C13H11BrO2/c1-2-8-4-3-5-9-6-10(14)7-11(12(8)9)13(15)16/h3-7H,2H2,1H3,(H,15,16). The lowest BCUT2D eigenvalue weighted by molar-refractivity contribution is 0.0699. The van der Waals surface area contributed by atoms with E-state index in [1.807, 2.05) is 31.2 Å². The summed E-state index contributed by atoms with van der Waals surface area (Å²) >= 11 is 3.33. The second-order valence-electron chi connectivity index (χ2n) is 3.63. The van der Waals surface area contributed by atoms with Crippen molar-refractivity contribution in [3.63, 3.8) is 0 Å². The van der Waals surface area contributed by atoms with Crippen LogP contribution in [0.4, 0.5) is 0 Å². The smallest absolute Gasteiger partial charge is 0.336 e. The summed E-state index contributed by atoms with van der Waals surface area (Å²) in [5.41, 5.74) is 1.43. The third kappa shape index (κ3) is 1.83. The van der Waals surface area contributed by atoms with E-state index in [-0.39, 0.29) is 0 Å². The van der Waals surface area contributed by atoms with E-state index in [1.165, 1.54) is 0 Å². The zero-order valence-electron chi connectivity index (χ0n) is 8.83. The molecule has 0 unspecified atom stereocenters. The molecule has 2 rings (SSSR count). The van der Waals surface area contributed by atoms with Crippen LogP contribution >= 0.6 is 15.9 Å². The van der Waals surface area contributed by atoms with Crippen molar-refractivity contribution in [3.8, 4) is 0 Å². The average molecular weight is 279 g/mol. The van der Waals surface area contributed by atoms with Crippen LogP contribution in [0, 0.1) is 0 Å². The van der Waals surface area contributed by atoms with Crippen LogP contribution in [0.25, 0.3) is 10.8 Å². The van der Waals surface area contributed by atoms with Gasteiger partial charge in [0.05, 0.1) is 5.56 Å². The van der Waals surface area contributed by atoms with Gasteiger partial charge in [-0.2, -0.15) is 0 Å². The first-order chi connectivity index (χ1) is 7.63. The number of fused-ring (bicyclic) bond motifs is 1. The van der Waals surface area contributed by atoms with Crippen LogP contribution in [-0.4, -0.2) is 11.1 Å². The van der Waals surface area contributed by atoms with E-state index in [4.69, 9.17) is 0 Å². The Hall–Kier alpha value is -1.35. The van der Waals surface area contributed by atoms with Crippen molar-refractivity contribution >= 4 is 32.7 Å². The zero-order chi connectivity index (χ0) is 11.7. The van der Waals surface area contributed by atoms with Crippen molar-refractivity contribution in [2.75, 3.05) is 0 Å². The van der Waals surface area contributed by atoms with E-state index < -0.39 is 5.97 Å². The minimum absolute atomic E-state index is 0.363. The van der Waals surface area contributed by atoms with Gasteiger partial charge in [0.2, 0.25) is 0 Å². The molecule has 0 aliphatic carbocycles. The molecule has 0 saturated heterocycles. The molecule has 1 N–H and O–H groups in total. The van der Waals surface area contributed by atoms with E-state index in [9.17, 15) is 9.90 Å². The Labute approximate surface area is 102 Å². The molecule has 0 bridgehead atoms. The van der Waals surface area contributed by atoms with Gasteiger partial charge in [0.15, 0.2) is 0 Å². The van der Waals surface area contributed by atoms with Gasteiger partial charge in [-0.1, -0.05) is 41.1 Å². The number of hydrogen-bond acceptors (Lipinski definition) is 1. The van der Waals surface area contributed by atoms with Crippen LogP contribution in [0.1, 0.15) is 22.8 Å². The summed E-state index contributed by atoms with van der Waals surface area (Å²) in [5.74, 6) is -0.882. The lowest BCUT2D eigenvalue weighted by atomic mass is 9.98. The minimum atomic E-state index is -0.882. The molecule has 0 saturated carbocycles. The van der Waals surface area contributed by atoms with Crippen molar-refractivity contribution < 1.29 is 9.90 Å². The topological polar surface area (TPSA) is 37.3 Å². The zero-order valence-corrected chi connectivity index (χ0v) is 10.4. The molecule has 0 fully saturated rings. The molecular weight excluding hydrogens is 268 g/mol. The Bertz CT molecular complexity index is 561. The van der Waals surface area contributed by atoms with Crippen molar-refractivity contribution in [1.29, 1.82) is 0 Å². The van der Waals surface area contributed by atoms with E-state index in [1.54, 1.807) is 6.07 Å². The average Bonchev–Trinajstić information content (AvgIpc) is 2.26. The maximum absolute atomic E-state index is 11.2. The summed E-state index contributed by atoms with van der Waals surface area (Å²) in [4.78, 5) is 11.2. The van der Waals surface area contributed by atoms with E-state index >= 15 is 0 Å². The van der Waals surface area contributed by atoms with E-state index in [2.05, 4.69) is 15.9 Å². The SMILES string of the molecule is CCc1cccc2cc(Br)cc(C(=O)O)c12. The normalized spacial score (nSPS) is 10.6. The first-order valence-corrected chi connectivity index (χ1v) is 5.87.